The average Bonchev–Trinajstić information content (AvgIpc) is 2.52. The van der Waals surface area contributed by atoms with E-state index in [-0.39, 0.29) is 24.0 Å². The number of aryl methyl sites for hydroxylation is 1. The summed E-state index contributed by atoms with van der Waals surface area (Å²) in [5, 5.41) is 6.85. The number of halogens is 1. The Bertz CT molecular complexity index is 398. The van der Waals surface area contributed by atoms with Crippen molar-refractivity contribution in [3.05, 3.63) is 35.9 Å². The molecule has 1 aromatic rings. The van der Waals surface area contributed by atoms with E-state index >= 15 is 0 Å². The first-order valence-electron chi connectivity index (χ1n) is 7.76. The van der Waals surface area contributed by atoms with E-state index in [0.717, 1.165) is 25.3 Å². The van der Waals surface area contributed by atoms with Crippen LogP contribution in [0.4, 0.5) is 0 Å². The van der Waals surface area contributed by atoms with Gasteiger partial charge in [-0.3, -0.25) is 4.99 Å². The minimum atomic E-state index is 0. The highest BCUT2D eigenvalue weighted by atomic mass is 127. The predicted octanol–water partition coefficient (Wildman–Crippen LogP) is 3.93. The SMILES string of the molecule is CN=C(NCCCCSC)NC(C)CCc1ccccc1.I. The van der Waals surface area contributed by atoms with Gasteiger partial charge in [0, 0.05) is 19.6 Å². The van der Waals surface area contributed by atoms with Crippen LogP contribution < -0.4 is 10.6 Å². The van der Waals surface area contributed by atoms with Crippen LogP contribution in [0.1, 0.15) is 31.7 Å². The van der Waals surface area contributed by atoms with Gasteiger partial charge in [-0.1, -0.05) is 30.3 Å². The van der Waals surface area contributed by atoms with Gasteiger partial charge in [-0.2, -0.15) is 11.8 Å². The molecule has 5 heteroatoms. The van der Waals surface area contributed by atoms with Gasteiger partial charge in [0.05, 0.1) is 0 Å². The van der Waals surface area contributed by atoms with E-state index in [2.05, 4.69) is 59.1 Å². The Morgan fingerprint density at radius 1 is 1.23 bits per heavy atom. The Morgan fingerprint density at radius 2 is 1.95 bits per heavy atom. The second kappa shape index (κ2) is 14.2. The van der Waals surface area contributed by atoms with Crippen molar-refractivity contribution in [2.75, 3.05) is 25.6 Å². The fraction of sp³-hybridized carbons (Fsp3) is 0.588. The summed E-state index contributed by atoms with van der Waals surface area (Å²) in [6, 6.07) is 11.1. The van der Waals surface area contributed by atoms with E-state index in [4.69, 9.17) is 0 Å². The molecule has 0 aliphatic carbocycles. The summed E-state index contributed by atoms with van der Waals surface area (Å²) in [7, 11) is 1.83. The molecule has 0 aliphatic rings. The van der Waals surface area contributed by atoms with Crippen LogP contribution in [0, 0.1) is 0 Å². The lowest BCUT2D eigenvalue weighted by Crippen LogP contribution is -2.42. The largest absolute Gasteiger partial charge is 0.356 e. The summed E-state index contributed by atoms with van der Waals surface area (Å²) < 4.78 is 0. The molecule has 0 bridgehead atoms. The zero-order valence-electron chi connectivity index (χ0n) is 14.0. The number of guanidine groups is 1. The molecule has 0 fully saturated rings. The highest BCUT2D eigenvalue weighted by Gasteiger charge is 2.05. The predicted molar refractivity (Wildman–Crippen MR) is 112 cm³/mol. The van der Waals surface area contributed by atoms with Gasteiger partial charge >= 0.3 is 0 Å². The van der Waals surface area contributed by atoms with Crippen LogP contribution in [-0.2, 0) is 6.42 Å². The average molecular weight is 435 g/mol. The first-order valence-corrected chi connectivity index (χ1v) is 9.15. The van der Waals surface area contributed by atoms with Crippen LogP contribution in [0.5, 0.6) is 0 Å². The van der Waals surface area contributed by atoms with Crippen molar-refractivity contribution >= 4 is 41.7 Å². The number of rotatable bonds is 9. The van der Waals surface area contributed by atoms with Crippen molar-refractivity contribution in [1.82, 2.24) is 10.6 Å². The van der Waals surface area contributed by atoms with Gasteiger partial charge < -0.3 is 10.6 Å². The number of benzene rings is 1. The smallest absolute Gasteiger partial charge is 0.191 e. The van der Waals surface area contributed by atoms with Crippen molar-refractivity contribution in [1.29, 1.82) is 0 Å². The van der Waals surface area contributed by atoms with Gasteiger partial charge in [-0.25, -0.2) is 0 Å². The maximum Gasteiger partial charge on any atom is 0.191 e. The third-order valence-electron chi connectivity index (χ3n) is 3.38. The van der Waals surface area contributed by atoms with Crippen molar-refractivity contribution in [3.63, 3.8) is 0 Å². The molecule has 22 heavy (non-hydrogen) atoms. The molecule has 0 aromatic heterocycles. The fourth-order valence-electron chi connectivity index (χ4n) is 2.11. The lowest BCUT2D eigenvalue weighted by atomic mass is 10.1. The third-order valence-corrected chi connectivity index (χ3v) is 4.08. The summed E-state index contributed by atoms with van der Waals surface area (Å²) >= 11 is 1.91. The second-order valence-electron chi connectivity index (χ2n) is 5.27. The van der Waals surface area contributed by atoms with E-state index < -0.39 is 0 Å². The highest BCUT2D eigenvalue weighted by molar-refractivity contribution is 14.0. The van der Waals surface area contributed by atoms with Crippen molar-refractivity contribution in [2.24, 2.45) is 4.99 Å². The molecular formula is C17H30IN3S. The summed E-state index contributed by atoms with van der Waals surface area (Å²) in [4.78, 5) is 4.29. The number of hydrogen-bond acceptors (Lipinski definition) is 2. The minimum absolute atomic E-state index is 0. The molecule has 1 atom stereocenters. The van der Waals surface area contributed by atoms with Crippen molar-refractivity contribution in [3.8, 4) is 0 Å². The van der Waals surface area contributed by atoms with Crippen LogP contribution in [-0.4, -0.2) is 37.6 Å². The molecule has 0 spiro atoms. The van der Waals surface area contributed by atoms with Crippen LogP contribution in [0.3, 0.4) is 0 Å². The molecule has 3 nitrogen and oxygen atoms in total. The van der Waals surface area contributed by atoms with Gasteiger partial charge in [0.1, 0.15) is 0 Å². The van der Waals surface area contributed by atoms with Crippen molar-refractivity contribution in [2.45, 2.75) is 38.6 Å². The Labute approximate surface area is 157 Å². The number of nitrogens with zero attached hydrogens (tertiary/aromatic N) is 1. The fourth-order valence-corrected chi connectivity index (χ4v) is 2.60. The number of aliphatic imine (C=N–C) groups is 1. The maximum absolute atomic E-state index is 4.29. The number of nitrogens with one attached hydrogen (secondary N) is 2. The van der Waals surface area contributed by atoms with E-state index in [0.29, 0.717) is 6.04 Å². The first-order chi connectivity index (χ1) is 10.3. The molecule has 0 radical (unpaired) electrons. The van der Waals surface area contributed by atoms with E-state index in [1.54, 1.807) is 0 Å². The molecule has 0 saturated heterocycles. The maximum atomic E-state index is 4.29. The molecule has 2 N–H and O–H groups in total. The Kier molecular flexibility index (Phi) is 13.9. The van der Waals surface area contributed by atoms with Crippen molar-refractivity contribution < 1.29 is 0 Å². The van der Waals surface area contributed by atoms with Gasteiger partial charge in [-0.05, 0) is 50.2 Å². The topological polar surface area (TPSA) is 36.4 Å². The zero-order valence-corrected chi connectivity index (χ0v) is 17.1. The molecule has 126 valence electrons. The highest BCUT2D eigenvalue weighted by Crippen LogP contribution is 2.04. The molecular weight excluding hydrogens is 405 g/mol. The number of hydrogen-bond donors (Lipinski definition) is 2. The molecule has 0 aliphatic heterocycles. The molecule has 0 saturated carbocycles. The lowest BCUT2D eigenvalue weighted by molar-refractivity contribution is 0.591. The Morgan fingerprint density at radius 3 is 2.59 bits per heavy atom. The quantitative estimate of drug-likeness (QED) is 0.267. The summed E-state index contributed by atoms with van der Waals surface area (Å²) in [5.74, 6) is 2.15. The summed E-state index contributed by atoms with van der Waals surface area (Å²) in [5.41, 5.74) is 1.39. The molecule has 1 rings (SSSR count). The second-order valence-corrected chi connectivity index (χ2v) is 6.25. The zero-order chi connectivity index (χ0) is 15.3. The van der Waals surface area contributed by atoms with Gasteiger partial charge in [0.15, 0.2) is 5.96 Å². The molecule has 0 heterocycles. The van der Waals surface area contributed by atoms with Gasteiger partial charge in [-0.15, -0.1) is 24.0 Å². The minimum Gasteiger partial charge on any atom is -0.356 e. The van der Waals surface area contributed by atoms with Crippen LogP contribution >= 0.6 is 35.7 Å². The van der Waals surface area contributed by atoms with E-state index in [1.165, 1.54) is 24.2 Å². The monoisotopic (exact) mass is 435 g/mol. The molecule has 0 amide bonds. The number of thioether (sulfide) groups is 1. The van der Waals surface area contributed by atoms with Gasteiger partial charge in [0.25, 0.3) is 0 Å². The number of unbranched alkanes of at least 4 members (excludes halogenated alkanes) is 1. The first kappa shape index (κ1) is 21.6. The Hall–Kier alpha value is -0.430. The lowest BCUT2D eigenvalue weighted by Gasteiger charge is -2.18. The van der Waals surface area contributed by atoms with E-state index in [9.17, 15) is 0 Å². The standard InChI is InChI=1S/C17H29N3S.HI/c1-15(11-12-16-9-5-4-6-10-16)20-17(18-2)19-13-7-8-14-21-3;/h4-6,9-10,15H,7-8,11-14H2,1-3H3,(H2,18,19,20);1H. The van der Waals surface area contributed by atoms with Crippen LogP contribution in [0.2, 0.25) is 0 Å². The van der Waals surface area contributed by atoms with Crippen LogP contribution in [0.15, 0.2) is 35.3 Å². The normalized spacial score (nSPS) is 12.4. The van der Waals surface area contributed by atoms with Gasteiger partial charge in [0.2, 0.25) is 0 Å². The van der Waals surface area contributed by atoms with E-state index in [1.807, 2.05) is 18.8 Å². The Balaban J connectivity index is 0.00000441. The molecule has 1 unspecified atom stereocenters. The third kappa shape index (κ3) is 10.3. The summed E-state index contributed by atoms with van der Waals surface area (Å²) in [6.07, 6.45) is 6.81. The summed E-state index contributed by atoms with van der Waals surface area (Å²) in [6.45, 7) is 3.20. The molecule has 1 aromatic carbocycles. The van der Waals surface area contributed by atoms with Crippen LogP contribution in [0.25, 0.3) is 0 Å².